The van der Waals surface area contributed by atoms with Gasteiger partial charge in [0.2, 0.25) is 5.82 Å². The number of hydrogen-bond acceptors (Lipinski definition) is 3. The van der Waals surface area contributed by atoms with Crippen molar-refractivity contribution < 1.29 is 23.7 Å². The fraction of sp³-hybridized carbons (Fsp3) is 0.700. The Hall–Kier alpha value is -1.20. The summed E-state index contributed by atoms with van der Waals surface area (Å²) in [6, 6.07) is 3.21. The minimum atomic E-state index is -0.942. The maximum Gasteiger partial charge on any atom is 0.200 e. The fourth-order valence-corrected chi connectivity index (χ4v) is 5.86. The Balaban J connectivity index is 1.58. The van der Waals surface area contributed by atoms with Crippen LogP contribution >= 0.6 is 0 Å². The maximum atomic E-state index is 14.9. The van der Waals surface area contributed by atoms with Gasteiger partial charge in [0.25, 0.3) is 0 Å². The van der Waals surface area contributed by atoms with Gasteiger partial charge in [-0.25, -0.2) is 4.39 Å². The van der Waals surface area contributed by atoms with Crippen molar-refractivity contribution in [2.24, 2.45) is 23.7 Å². The van der Waals surface area contributed by atoms with Crippen molar-refractivity contribution in [3.8, 4) is 5.75 Å². The zero-order valence-corrected chi connectivity index (χ0v) is 14.4. The van der Waals surface area contributed by atoms with Gasteiger partial charge in [-0.15, -0.1) is 0 Å². The zero-order chi connectivity index (χ0) is 17.6. The SMILES string of the molecule is OCC(CO)COc1ccc([C@]23CC4CC(C[C@H](C4)C2)C3)c(F)c1F. The normalized spacial score (nSPS) is 33.2. The molecule has 2 N–H and O–H groups in total. The summed E-state index contributed by atoms with van der Waals surface area (Å²) in [5.41, 5.74) is 0.328. The van der Waals surface area contributed by atoms with E-state index in [1.807, 2.05) is 0 Å². The minimum absolute atomic E-state index is 0.0416. The molecule has 1 aromatic rings. The van der Waals surface area contributed by atoms with Gasteiger partial charge in [0, 0.05) is 5.92 Å². The van der Waals surface area contributed by atoms with Crippen LogP contribution in [0.1, 0.15) is 44.1 Å². The molecule has 138 valence electrons. The minimum Gasteiger partial charge on any atom is -0.490 e. The molecule has 4 bridgehead atoms. The molecule has 5 heteroatoms. The second kappa shape index (κ2) is 6.51. The molecule has 0 spiro atoms. The average Bonchev–Trinajstić information content (AvgIpc) is 2.58. The van der Waals surface area contributed by atoms with Gasteiger partial charge < -0.3 is 14.9 Å². The number of benzene rings is 1. The first kappa shape index (κ1) is 17.2. The van der Waals surface area contributed by atoms with Crippen molar-refractivity contribution in [3.63, 3.8) is 0 Å². The topological polar surface area (TPSA) is 49.7 Å². The van der Waals surface area contributed by atoms with Gasteiger partial charge in [-0.05, 0) is 73.3 Å². The van der Waals surface area contributed by atoms with E-state index >= 15 is 0 Å². The third-order valence-electron chi connectivity index (χ3n) is 6.65. The van der Waals surface area contributed by atoms with E-state index in [0.717, 1.165) is 19.3 Å². The number of ether oxygens (including phenoxy) is 1. The summed E-state index contributed by atoms with van der Waals surface area (Å²) in [7, 11) is 0. The van der Waals surface area contributed by atoms with E-state index in [0.29, 0.717) is 23.3 Å². The molecular formula is C20H26F2O3. The molecule has 25 heavy (non-hydrogen) atoms. The largest absolute Gasteiger partial charge is 0.490 e. The third-order valence-corrected chi connectivity index (χ3v) is 6.65. The van der Waals surface area contributed by atoms with Crippen molar-refractivity contribution in [1.82, 2.24) is 0 Å². The molecule has 5 rings (SSSR count). The van der Waals surface area contributed by atoms with Crippen LogP contribution in [0.4, 0.5) is 8.78 Å². The Morgan fingerprint density at radius 2 is 1.52 bits per heavy atom. The highest BCUT2D eigenvalue weighted by Gasteiger charge is 2.52. The first-order valence-corrected chi connectivity index (χ1v) is 9.37. The molecule has 4 aliphatic rings. The predicted octanol–water partition coefficient (Wildman–Crippen LogP) is 3.41. The van der Waals surface area contributed by atoms with Gasteiger partial charge in [0.05, 0.1) is 19.8 Å². The Kier molecular flexibility index (Phi) is 4.49. The molecule has 0 saturated heterocycles. The first-order chi connectivity index (χ1) is 12.0. The molecule has 4 aliphatic carbocycles. The van der Waals surface area contributed by atoms with Gasteiger partial charge in [0.1, 0.15) is 0 Å². The van der Waals surface area contributed by atoms with Crippen molar-refractivity contribution in [2.75, 3.05) is 19.8 Å². The van der Waals surface area contributed by atoms with Gasteiger partial charge in [0.15, 0.2) is 11.6 Å². The number of rotatable bonds is 6. The number of halogens is 2. The lowest BCUT2D eigenvalue weighted by molar-refractivity contribution is -0.00709. The Bertz CT molecular complexity index is 607. The van der Waals surface area contributed by atoms with E-state index < -0.39 is 17.6 Å². The predicted molar refractivity (Wildman–Crippen MR) is 89.4 cm³/mol. The molecule has 0 aliphatic heterocycles. The molecule has 0 heterocycles. The van der Waals surface area contributed by atoms with Crippen LogP contribution in [-0.2, 0) is 5.41 Å². The van der Waals surface area contributed by atoms with Crippen LogP contribution in [0.3, 0.4) is 0 Å². The van der Waals surface area contributed by atoms with E-state index in [1.54, 1.807) is 6.07 Å². The standard InChI is InChI=1S/C20H26F2O3/c21-18-16(1-2-17(19(18)22)25-11-15(9-23)10-24)20-6-12-3-13(7-20)5-14(4-12)8-20/h1-2,12-15,23-24H,3-11H2/t12-,13?,14?,20-. The van der Waals surface area contributed by atoms with E-state index in [9.17, 15) is 8.78 Å². The molecule has 3 nitrogen and oxygen atoms in total. The van der Waals surface area contributed by atoms with Crippen molar-refractivity contribution in [3.05, 3.63) is 29.3 Å². The van der Waals surface area contributed by atoms with Crippen LogP contribution < -0.4 is 4.74 Å². The summed E-state index contributed by atoms with van der Waals surface area (Å²) < 4.78 is 34.8. The highest BCUT2D eigenvalue weighted by atomic mass is 19.2. The van der Waals surface area contributed by atoms with Crippen molar-refractivity contribution in [2.45, 2.75) is 43.9 Å². The van der Waals surface area contributed by atoms with Crippen molar-refractivity contribution >= 4 is 0 Å². The lowest BCUT2D eigenvalue weighted by atomic mass is 9.48. The lowest BCUT2D eigenvalue weighted by Crippen LogP contribution is -2.49. The molecule has 0 aromatic heterocycles. The number of aliphatic hydroxyl groups excluding tert-OH is 2. The van der Waals surface area contributed by atoms with E-state index in [4.69, 9.17) is 14.9 Å². The summed E-state index contributed by atoms with van der Waals surface area (Å²) in [6.45, 7) is -0.558. The molecule has 0 atom stereocenters. The molecule has 0 unspecified atom stereocenters. The van der Waals surface area contributed by atoms with E-state index in [2.05, 4.69) is 0 Å². The maximum absolute atomic E-state index is 14.9. The summed E-state index contributed by atoms with van der Waals surface area (Å²) in [4.78, 5) is 0. The second-order valence-electron chi connectivity index (χ2n) is 8.48. The molecule has 4 saturated carbocycles. The summed E-state index contributed by atoms with van der Waals surface area (Å²) in [5, 5.41) is 18.1. The fourth-order valence-electron chi connectivity index (χ4n) is 5.86. The molecule has 0 radical (unpaired) electrons. The lowest BCUT2D eigenvalue weighted by Gasteiger charge is -2.57. The molecule has 1 aromatic carbocycles. The quantitative estimate of drug-likeness (QED) is 0.825. The van der Waals surface area contributed by atoms with Crippen LogP contribution in [0, 0.1) is 35.3 Å². The van der Waals surface area contributed by atoms with Crippen LogP contribution in [0.15, 0.2) is 12.1 Å². The van der Waals surface area contributed by atoms with E-state index in [-0.39, 0.29) is 31.0 Å². The smallest absolute Gasteiger partial charge is 0.200 e. The Morgan fingerprint density at radius 3 is 2.04 bits per heavy atom. The van der Waals surface area contributed by atoms with Crippen LogP contribution in [-0.4, -0.2) is 30.0 Å². The second-order valence-corrected chi connectivity index (χ2v) is 8.48. The monoisotopic (exact) mass is 352 g/mol. The van der Waals surface area contributed by atoms with Gasteiger partial charge in [-0.1, -0.05) is 6.07 Å². The Labute approximate surface area is 147 Å². The van der Waals surface area contributed by atoms with Crippen molar-refractivity contribution in [1.29, 1.82) is 0 Å². The average molecular weight is 352 g/mol. The highest BCUT2D eigenvalue weighted by Crippen LogP contribution is 2.61. The first-order valence-electron chi connectivity index (χ1n) is 9.37. The third kappa shape index (κ3) is 2.95. The number of hydrogen-bond donors (Lipinski definition) is 2. The zero-order valence-electron chi connectivity index (χ0n) is 14.4. The van der Waals surface area contributed by atoms with Crippen LogP contribution in [0.2, 0.25) is 0 Å². The molecular weight excluding hydrogens is 326 g/mol. The van der Waals surface area contributed by atoms with Gasteiger partial charge in [-0.2, -0.15) is 4.39 Å². The van der Waals surface area contributed by atoms with Crippen LogP contribution in [0.25, 0.3) is 0 Å². The van der Waals surface area contributed by atoms with Crippen LogP contribution in [0.5, 0.6) is 5.75 Å². The van der Waals surface area contributed by atoms with Gasteiger partial charge in [-0.3, -0.25) is 0 Å². The Morgan fingerprint density at radius 1 is 0.960 bits per heavy atom. The number of aliphatic hydroxyl groups is 2. The van der Waals surface area contributed by atoms with E-state index in [1.165, 1.54) is 25.3 Å². The summed E-state index contributed by atoms with van der Waals surface area (Å²) in [5.74, 6) is -0.353. The summed E-state index contributed by atoms with van der Waals surface area (Å²) >= 11 is 0. The molecule has 4 fully saturated rings. The highest BCUT2D eigenvalue weighted by molar-refractivity contribution is 5.37. The summed E-state index contributed by atoms with van der Waals surface area (Å²) in [6.07, 6.45) is 6.71. The molecule has 0 amide bonds. The van der Waals surface area contributed by atoms with Gasteiger partial charge >= 0.3 is 0 Å².